The van der Waals surface area contributed by atoms with Gasteiger partial charge in [-0.05, 0) is 11.6 Å². The fraction of sp³-hybridized carbons (Fsp3) is 0.308. The Morgan fingerprint density at radius 1 is 1.38 bits per heavy atom. The van der Waals surface area contributed by atoms with Gasteiger partial charge in [0.25, 0.3) is 0 Å². The van der Waals surface area contributed by atoms with E-state index in [1.807, 2.05) is 36.4 Å². The van der Waals surface area contributed by atoms with Crippen LogP contribution in [-0.4, -0.2) is 31.5 Å². The van der Waals surface area contributed by atoms with Crippen LogP contribution in [-0.2, 0) is 9.63 Å². The lowest BCUT2D eigenvalue weighted by molar-refractivity contribution is -0.125. The lowest BCUT2D eigenvalue weighted by Gasteiger charge is -2.11. The van der Waals surface area contributed by atoms with Crippen molar-refractivity contribution in [3.63, 3.8) is 0 Å². The van der Waals surface area contributed by atoms with Crippen molar-refractivity contribution in [1.82, 2.24) is 5.06 Å². The lowest BCUT2D eigenvalue weighted by atomic mass is 10.2. The number of rotatable bonds is 6. The smallest absolute Gasteiger partial charge is 0.157 e. The first-order valence-corrected chi connectivity index (χ1v) is 5.23. The number of ketones is 1. The molecule has 1 aromatic rings. The summed E-state index contributed by atoms with van der Waals surface area (Å²) in [6.45, 7) is 0.606. The molecule has 0 unspecified atom stereocenters. The highest BCUT2D eigenvalue weighted by molar-refractivity contribution is 5.93. The molecule has 0 aromatic heterocycles. The minimum absolute atomic E-state index is 0.104. The van der Waals surface area contributed by atoms with Crippen molar-refractivity contribution < 1.29 is 9.63 Å². The Morgan fingerprint density at radius 2 is 2.06 bits per heavy atom. The van der Waals surface area contributed by atoms with Gasteiger partial charge in [0.05, 0.1) is 7.11 Å². The molecule has 0 spiro atoms. The molecule has 0 aliphatic heterocycles. The molecule has 0 atom stereocenters. The second-order valence-electron chi connectivity index (χ2n) is 3.49. The second kappa shape index (κ2) is 6.93. The summed E-state index contributed by atoms with van der Waals surface area (Å²) in [5, 5.41) is 1.63. The predicted octanol–water partition coefficient (Wildman–Crippen LogP) is 2.15. The highest BCUT2D eigenvalue weighted by atomic mass is 16.7. The number of allylic oxidation sites excluding steroid dienone is 1. The van der Waals surface area contributed by atoms with Gasteiger partial charge in [-0.25, -0.2) is 0 Å². The molecule has 0 aliphatic carbocycles. The molecular formula is C13H17NO2. The molecule has 0 fully saturated rings. The van der Waals surface area contributed by atoms with Crippen molar-refractivity contribution in [2.75, 3.05) is 20.7 Å². The zero-order valence-corrected chi connectivity index (χ0v) is 9.72. The summed E-state index contributed by atoms with van der Waals surface area (Å²) < 4.78 is 0. The number of nitrogens with zero attached hydrogens (tertiary/aromatic N) is 1. The molecule has 0 N–H and O–H groups in total. The molecule has 0 saturated heterocycles. The molecule has 0 saturated carbocycles. The number of carbonyl (C=O) groups is 1. The van der Waals surface area contributed by atoms with E-state index >= 15 is 0 Å². The second-order valence-corrected chi connectivity index (χ2v) is 3.49. The van der Waals surface area contributed by atoms with E-state index in [1.54, 1.807) is 25.3 Å². The van der Waals surface area contributed by atoms with Crippen LogP contribution < -0.4 is 0 Å². The van der Waals surface area contributed by atoms with Crippen LogP contribution in [0.15, 0.2) is 36.4 Å². The van der Waals surface area contributed by atoms with E-state index in [9.17, 15) is 4.79 Å². The molecule has 1 aromatic carbocycles. The molecule has 1 rings (SSSR count). The molecule has 3 heteroatoms. The first-order valence-electron chi connectivity index (χ1n) is 5.23. The summed E-state index contributed by atoms with van der Waals surface area (Å²) in [6, 6.07) is 9.77. The Balaban J connectivity index is 2.37. The van der Waals surface area contributed by atoms with E-state index in [1.165, 1.54) is 0 Å². The van der Waals surface area contributed by atoms with Gasteiger partial charge in [0.15, 0.2) is 5.78 Å². The average Bonchev–Trinajstić information content (AvgIpc) is 2.34. The van der Waals surface area contributed by atoms with Crippen molar-refractivity contribution in [3.05, 3.63) is 42.0 Å². The first-order chi connectivity index (χ1) is 7.72. The molecule has 0 amide bonds. The summed E-state index contributed by atoms with van der Waals surface area (Å²) >= 11 is 0. The maximum absolute atomic E-state index is 11.5. The van der Waals surface area contributed by atoms with Gasteiger partial charge in [-0.3, -0.25) is 4.79 Å². The summed E-state index contributed by atoms with van der Waals surface area (Å²) in [5.41, 5.74) is 1.04. The highest BCUT2D eigenvalue weighted by Gasteiger charge is 2.00. The summed E-state index contributed by atoms with van der Waals surface area (Å²) in [6.07, 6.45) is 3.90. The van der Waals surface area contributed by atoms with Crippen molar-refractivity contribution >= 4 is 11.9 Å². The van der Waals surface area contributed by atoms with Gasteiger partial charge >= 0.3 is 0 Å². The largest absolute Gasteiger partial charge is 0.303 e. The van der Waals surface area contributed by atoms with Crippen LogP contribution in [0.5, 0.6) is 0 Å². The quantitative estimate of drug-likeness (QED) is 0.542. The van der Waals surface area contributed by atoms with Gasteiger partial charge in [0.1, 0.15) is 0 Å². The van der Waals surface area contributed by atoms with Crippen molar-refractivity contribution in [1.29, 1.82) is 0 Å². The third kappa shape index (κ3) is 4.87. The number of carbonyl (C=O) groups excluding carboxylic acids is 1. The fourth-order valence-corrected chi connectivity index (χ4v) is 1.20. The van der Waals surface area contributed by atoms with Crippen LogP contribution in [0, 0.1) is 0 Å². The monoisotopic (exact) mass is 219 g/mol. The van der Waals surface area contributed by atoms with Crippen molar-refractivity contribution in [2.24, 2.45) is 0 Å². The number of hydroxylamine groups is 2. The topological polar surface area (TPSA) is 29.5 Å². The Hall–Kier alpha value is -1.45. The molecule has 86 valence electrons. The SMILES string of the molecule is CON(C)CCC(=O)/C=C\c1ccccc1. The molecule has 16 heavy (non-hydrogen) atoms. The molecule has 0 bridgehead atoms. The molecule has 0 heterocycles. The van der Waals surface area contributed by atoms with Gasteiger partial charge in [-0.1, -0.05) is 36.4 Å². The van der Waals surface area contributed by atoms with Gasteiger partial charge in [0, 0.05) is 20.0 Å². The maximum Gasteiger partial charge on any atom is 0.157 e. The van der Waals surface area contributed by atoms with Gasteiger partial charge < -0.3 is 4.84 Å². The van der Waals surface area contributed by atoms with Crippen LogP contribution in [0.1, 0.15) is 12.0 Å². The Morgan fingerprint density at radius 3 is 2.69 bits per heavy atom. The number of benzene rings is 1. The minimum Gasteiger partial charge on any atom is -0.303 e. The summed E-state index contributed by atoms with van der Waals surface area (Å²) in [4.78, 5) is 16.4. The predicted molar refractivity (Wildman–Crippen MR) is 64.7 cm³/mol. The van der Waals surface area contributed by atoms with E-state index in [0.29, 0.717) is 13.0 Å². The van der Waals surface area contributed by atoms with Crippen LogP contribution >= 0.6 is 0 Å². The molecular weight excluding hydrogens is 202 g/mol. The number of hydrogen-bond donors (Lipinski definition) is 0. The summed E-state index contributed by atoms with van der Waals surface area (Å²) in [5.74, 6) is 0.104. The zero-order chi connectivity index (χ0) is 11.8. The maximum atomic E-state index is 11.5. The van der Waals surface area contributed by atoms with E-state index in [-0.39, 0.29) is 5.78 Å². The van der Waals surface area contributed by atoms with Crippen molar-refractivity contribution in [2.45, 2.75) is 6.42 Å². The molecule has 3 nitrogen and oxygen atoms in total. The Labute approximate surface area is 96.3 Å². The Kier molecular flexibility index (Phi) is 5.46. The highest BCUT2D eigenvalue weighted by Crippen LogP contribution is 2.01. The minimum atomic E-state index is 0.104. The Bertz CT molecular complexity index is 346. The van der Waals surface area contributed by atoms with Crippen LogP contribution in [0.4, 0.5) is 0 Å². The van der Waals surface area contributed by atoms with E-state index < -0.39 is 0 Å². The standard InChI is InChI=1S/C13H17NO2/c1-14(16-2)11-10-13(15)9-8-12-6-4-3-5-7-12/h3-9H,10-11H2,1-2H3/b9-8-. The van der Waals surface area contributed by atoms with Crippen LogP contribution in [0.2, 0.25) is 0 Å². The van der Waals surface area contributed by atoms with Gasteiger partial charge in [-0.15, -0.1) is 0 Å². The number of hydrogen-bond acceptors (Lipinski definition) is 3. The normalized spacial score (nSPS) is 11.2. The molecule has 0 aliphatic rings. The van der Waals surface area contributed by atoms with E-state index in [0.717, 1.165) is 5.56 Å². The lowest BCUT2D eigenvalue weighted by Crippen LogP contribution is -2.19. The van der Waals surface area contributed by atoms with Crippen LogP contribution in [0.3, 0.4) is 0 Å². The molecule has 0 radical (unpaired) electrons. The third-order valence-electron chi connectivity index (χ3n) is 2.25. The van der Waals surface area contributed by atoms with Gasteiger partial charge in [-0.2, -0.15) is 5.06 Å². The summed E-state index contributed by atoms with van der Waals surface area (Å²) in [7, 11) is 3.39. The third-order valence-corrected chi connectivity index (χ3v) is 2.25. The first kappa shape index (κ1) is 12.6. The van der Waals surface area contributed by atoms with Crippen molar-refractivity contribution in [3.8, 4) is 0 Å². The van der Waals surface area contributed by atoms with Crippen LogP contribution in [0.25, 0.3) is 6.08 Å². The average molecular weight is 219 g/mol. The van der Waals surface area contributed by atoms with E-state index in [4.69, 9.17) is 4.84 Å². The van der Waals surface area contributed by atoms with Gasteiger partial charge in [0.2, 0.25) is 0 Å². The van der Waals surface area contributed by atoms with E-state index in [2.05, 4.69) is 0 Å². The zero-order valence-electron chi connectivity index (χ0n) is 9.72. The fourth-order valence-electron chi connectivity index (χ4n) is 1.20.